The standard InChI is InChI=1S/C17H32O4/c1-4-17(5-2,20-6-3)15(18)14-7-10-21-16(13-14)8-11-19-12-9-16/h14-15,18H,4-13H2,1-3H3. The lowest BCUT2D eigenvalue weighted by Gasteiger charge is -2.48. The number of aliphatic hydroxyl groups excluding tert-OH is 1. The van der Waals surface area contributed by atoms with Crippen molar-refractivity contribution in [1.29, 1.82) is 0 Å². The van der Waals surface area contributed by atoms with Crippen LogP contribution in [0.4, 0.5) is 0 Å². The number of hydrogen-bond donors (Lipinski definition) is 1. The minimum atomic E-state index is -0.406. The summed E-state index contributed by atoms with van der Waals surface area (Å²) >= 11 is 0. The van der Waals surface area contributed by atoms with E-state index in [-0.39, 0.29) is 11.5 Å². The SMILES string of the molecule is CCOC(CC)(CC)C(O)C1CCOC2(CCOCC2)C1. The van der Waals surface area contributed by atoms with E-state index in [2.05, 4.69) is 13.8 Å². The highest BCUT2D eigenvalue weighted by atomic mass is 16.5. The van der Waals surface area contributed by atoms with E-state index in [0.29, 0.717) is 6.61 Å². The Morgan fingerprint density at radius 1 is 1.19 bits per heavy atom. The summed E-state index contributed by atoms with van der Waals surface area (Å²) in [7, 11) is 0. The smallest absolute Gasteiger partial charge is 0.0937 e. The first-order valence-corrected chi connectivity index (χ1v) is 8.65. The van der Waals surface area contributed by atoms with Crippen LogP contribution < -0.4 is 0 Å². The molecule has 0 aromatic heterocycles. The van der Waals surface area contributed by atoms with E-state index in [4.69, 9.17) is 14.2 Å². The fraction of sp³-hybridized carbons (Fsp3) is 1.00. The van der Waals surface area contributed by atoms with Crippen molar-refractivity contribution >= 4 is 0 Å². The van der Waals surface area contributed by atoms with E-state index in [9.17, 15) is 5.11 Å². The Bertz CT molecular complexity index is 302. The second-order valence-electron chi connectivity index (χ2n) is 6.55. The zero-order chi connectivity index (χ0) is 15.3. The highest BCUT2D eigenvalue weighted by Crippen LogP contribution is 2.42. The molecule has 21 heavy (non-hydrogen) atoms. The van der Waals surface area contributed by atoms with Crippen molar-refractivity contribution < 1.29 is 19.3 Å². The van der Waals surface area contributed by atoms with Gasteiger partial charge in [-0.1, -0.05) is 13.8 Å². The topological polar surface area (TPSA) is 47.9 Å². The second-order valence-corrected chi connectivity index (χ2v) is 6.55. The molecule has 2 heterocycles. The van der Waals surface area contributed by atoms with Gasteiger partial charge in [-0.05, 0) is 51.4 Å². The van der Waals surface area contributed by atoms with Gasteiger partial charge in [-0.15, -0.1) is 0 Å². The third kappa shape index (κ3) is 3.61. The molecule has 2 fully saturated rings. The summed E-state index contributed by atoms with van der Waals surface area (Å²) in [5.74, 6) is 0.267. The van der Waals surface area contributed by atoms with Gasteiger partial charge in [-0.25, -0.2) is 0 Å². The van der Waals surface area contributed by atoms with Crippen LogP contribution in [0, 0.1) is 5.92 Å². The average Bonchev–Trinajstić information content (AvgIpc) is 2.53. The van der Waals surface area contributed by atoms with Crippen molar-refractivity contribution in [3.8, 4) is 0 Å². The first-order chi connectivity index (χ1) is 10.1. The van der Waals surface area contributed by atoms with Gasteiger partial charge in [0.05, 0.1) is 17.3 Å². The van der Waals surface area contributed by atoms with Crippen LogP contribution in [0.1, 0.15) is 59.3 Å². The quantitative estimate of drug-likeness (QED) is 0.819. The molecule has 0 saturated carbocycles. The monoisotopic (exact) mass is 300 g/mol. The van der Waals surface area contributed by atoms with E-state index in [0.717, 1.165) is 58.3 Å². The van der Waals surface area contributed by atoms with Gasteiger partial charge in [0.2, 0.25) is 0 Å². The van der Waals surface area contributed by atoms with E-state index in [1.54, 1.807) is 0 Å². The minimum absolute atomic E-state index is 0.0679. The van der Waals surface area contributed by atoms with E-state index >= 15 is 0 Å². The van der Waals surface area contributed by atoms with Crippen molar-refractivity contribution in [3.05, 3.63) is 0 Å². The van der Waals surface area contributed by atoms with Gasteiger partial charge in [-0.2, -0.15) is 0 Å². The van der Waals surface area contributed by atoms with Crippen LogP contribution >= 0.6 is 0 Å². The summed E-state index contributed by atoms with van der Waals surface area (Å²) in [4.78, 5) is 0. The molecular weight excluding hydrogens is 268 g/mol. The van der Waals surface area contributed by atoms with E-state index in [1.165, 1.54) is 0 Å². The molecule has 0 aromatic rings. The highest BCUT2D eigenvalue weighted by Gasteiger charge is 2.46. The summed E-state index contributed by atoms with van der Waals surface area (Å²) in [6, 6.07) is 0. The highest BCUT2D eigenvalue weighted by molar-refractivity contribution is 4.97. The molecule has 2 rings (SSSR count). The Labute approximate surface area is 129 Å². The first kappa shape index (κ1) is 17.2. The molecule has 2 unspecified atom stereocenters. The Hall–Kier alpha value is -0.160. The van der Waals surface area contributed by atoms with E-state index < -0.39 is 11.7 Å². The molecule has 0 radical (unpaired) electrons. The first-order valence-electron chi connectivity index (χ1n) is 8.65. The Morgan fingerprint density at radius 2 is 1.86 bits per heavy atom. The zero-order valence-electron chi connectivity index (χ0n) is 13.9. The molecule has 2 aliphatic rings. The van der Waals surface area contributed by atoms with Gasteiger partial charge >= 0.3 is 0 Å². The molecule has 4 heteroatoms. The van der Waals surface area contributed by atoms with Gasteiger partial charge < -0.3 is 19.3 Å². The maximum absolute atomic E-state index is 11.0. The molecule has 2 aliphatic heterocycles. The van der Waals surface area contributed by atoms with Crippen LogP contribution in [0.3, 0.4) is 0 Å². The van der Waals surface area contributed by atoms with Crippen LogP contribution in [0.15, 0.2) is 0 Å². The maximum Gasteiger partial charge on any atom is 0.0937 e. The van der Waals surface area contributed by atoms with Gasteiger partial charge in [0.1, 0.15) is 0 Å². The molecule has 0 bridgehead atoms. The molecule has 2 saturated heterocycles. The molecular formula is C17H32O4. The number of aliphatic hydroxyl groups is 1. The predicted octanol–water partition coefficient (Wildman–Crippen LogP) is 2.92. The lowest BCUT2D eigenvalue weighted by atomic mass is 9.73. The summed E-state index contributed by atoms with van der Waals surface area (Å²) in [5, 5.41) is 11.0. The molecule has 0 aliphatic carbocycles. The van der Waals surface area contributed by atoms with Crippen LogP contribution in [0.5, 0.6) is 0 Å². The fourth-order valence-electron chi connectivity index (χ4n) is 4.10. The van der Waals surface area contributed by atoms with Crippen LogP contribution in [0.25, 0.3) is 0 Å². The van der Waals surface area contributed by atoms with Gasteiger partial charge in [-0.3, -0.25) is 0 Å². The molecule has 0 amide bonds. The van der Waals surface area contributed by atoms with Crippen LogP contribution in [0.2, 0.25) is 0 Å². The Morgan fingerprint density at radius 3 is 2.43 bits per heavy atom. The maximum atomic E-state index is 11.0. The molecule has 1 N–H and O–H groups in total. The van der Waals surface area contributed by atoms with Crippen molar-refractivity contribution in [1.82, 2.24) is 0 Å². The molecule has 0 aromatic carbocycles. The third-order valence-electron chi connectivity index (χ3n) is 5.55. The summed E-state index contributed by atoms with van der Waals surface area (Å²) in [5.41, 5.74) is -0.468. The lowest BCUT2D eigenvalue weighted by Crippen LogP contribution is -2.53. The zero-order valence-corrected chi connectivity index (χ0v) is 13.9. The third-order valence-corrected chi connectivity index (χ3v) is 5.55. The lowest BCUT2D eigenvalue weighted by molar-refractivity contribution is -0.193. The molecule has 1 spiro atoms. The second kappa shape index (κ2) is 7.40. The van der Waals surface area contributed by atoms with Crippen molar-refractivity contribution in [2.24, 2.45) is 5.92 Å². The van der Waals surface area contributed by atoms with Gasteiger partial charge in [0, 0.05) is 26.4 Å². The average molecular weight is 300 g/mol. The van der Waals surface area contributed by atoms with Crippen LogP contribution in [-0.4, -0.2) is 48.8 Å². The fourth-order valence-corrected chi connectivity index (χ4v) is 4.10. The van der Waals surface area contributed by atoms with Gasteiger partial charge in [0.25, 0.3) is 0 Å². The van der Waals surface area contributed by atoms with Crippen molar-refractivity contribution in [3.63, 3.8) is 0 Å². The van der Waals surface area contributed by atoms with Crippen LogP contribution in [-0.2, 0) is 14.2 Å². The molecule has 4 nitrogen and oxygen atoms in total. The number of rotatable bonds is 6. The minimum Gasteiger partial charge on any atom is -0.390 e. The van der Waals surface area contributed by atoms with Crippen molar-refractivity contribution in [2.45, 2.75) is 76.6 Å². The normalized spacial score (nSPS) is 27.7. The summed E-state index contributed by atoms with van der Waals surface area (Å²) in [6.07, 6.45) is 5.07. The largest absolute Gasteiger partial charge is 0.390 e. The molecule has 124 valence electrons. The van der Waals surface area contributed by atoms with E-state index in [1.807, 2.05) is 6.92 Å². The Balaban J connectivity index is 2.08. The molecule has 2 atom stereocenters. The van der Waals surface area contributed by atoms with Gasteiger partial charge in [0.15, 0.2) is 0 Å². The predicted molar refractivity (Wildman–Crippen MR) is 82.4 cm³/mol. The Kier molecular flexibility index (Phi) is 6.06. The van der Waals surface area contributed by atoms with Crippen molar-refractivity contribution in [2.75, 3.05) is 26.4 Å². The summed E-state index contributed by atoms with van der Waals surface area (Å²) < 4.78 is 17.6. The number of hydrogen-bond acceptors (Lipinski definition) is 4. The summed E-state index contributed by atoms with van der Waals surface area (Å²) in [6.45, 7) is 9.20. The number of ether oxygens (including phenoxy) is 3.